The molecule has 0 aliphatic carbocycles. The molecule has 1 saturated heterocycles. The Morgan fingerprint density at radius 3 is 2.50 bits per heavy atom. The van der Waals surface area contributed by atoms with Crippen LogP contribution in [-0.2, 0) is 0 Å². The fourth-order valence-electron chi connectivity index (χ4n) is 1.63. The van der Waals surface area contributed by atoms with Crippen molar-refractivity contribution in [2.24, 2.45) is 0 Å². The zero-order chi connectivity index (χ0) is 10.4. The van der Waals surface area contributed by atoms with Crippen LogP contribution in [0.3, 0.4) is 0 Å². The Kier molecular flexibility index (Phi) is 5.67. The number of piperazine rings is 1. The number of rotatable bonds is 5. The second kappa shape index (κ2) is 6.26. The molecule has 4 heteroatoms. The summed E-state index contributed by atoms with van der Waals surface area (Å²) in [4.78, 5) is 2.57. The van der Waals surface area contributed by atoms with Crippen LogP contribution in [0.5, 0.6) is 0 Å². The van der Waals surface area contributed by atoms with Gasteiger partial charge < -0.3 is 10.2 Å². The van der Waals surface area contributed by atoms with Gasteiger partial charge in [0.1, 0.15) is 0 Å². The van der Waals surface area contributed by atoms with Gasteiger partial charge in [-0.3, -0.25) is 0 Å². The molecule has 1 aliphatic rings. The Bertz CT molecular complexity index is 156. The highest BCUT2D eigenvalue weighted by molar-refractivity contribution is 8.76. The van der Waals surface area contributed by atoms with E-state index in [1.807, 2.05) is 21.6 Å². The molecular weight excluding hydrogens is 212 g/mol. The van der Waals surface area contributed by atoms with Crippen LogP contribution in [0.1, 0.15) is 20.3 Å². The summed E-state index contributed by atoms with van der Waals surface area (Å²) in [6.07, 6.45) is 3.45. The van der Waals surface area contributed by atoms with Gasteiger partial charge in [-0.05, 0) is 33.1 Å². The molecule has 14 heavy (non-hydrogen) atoms. The van der Waals surface area contributed by atoms with Crippen molar-refractivity contribution in [3.8, 4) is 0 Å². The molecule has 0 amide bonds. The summed E-state index contributed by atoms with van der Waals surface area (Å²) in [5.74, 6) is 0. The molecule has 2 nitrogen and oxygen atoms in total. The summed E-state index contributed by atoms with van der Waals surface area (Å²) < 4.78 is 0.421. The van der Waals surface area contributed by atoms with Crippen molar-refractivity contribution in [2.45, 2.75) is 25.0 Å². The van der Waals surface area contributed by atoms with E-state index >= 15 is 0 Å². The number of hydrogen-bond donors (Lipinski definition) is 1. The van der Waals surface area contributed by atoms with Gasteiger partial charge in [-0.25, -0.2) is 0 Å². The minimum Gasteiger partial charge on any atom is -0.314 e. The molecule has 84 valence electrons. The molecule has 0 radical (unpaired) electrons. The van der Waals surface area contributed by atoms with Crippen molar-refractivity contribution in [2.75, 3.05) is 39.0 Å². The van der Waals surface area contributed by atoms with Gasteiger partial charge in [0.2, 0.25) is 0 Å². The van der Waals surface area contributed by atoms with Gasteiger partial charge in [0, 0.05) is 30.9 Å². The highest BCUT2D eigenvalue weighted by Crippen LogP contribution is 2.36. The maximum atomic E-state index is 3.39. The molecular formula is C10H22N2S2. The quantitative estimate of drug-likeness (QED) is 0.732. The number of nitrogens with one attached hydrogen (secondary N) is 1. The van der Waals surface area contributed by atoms with E-state index in [9.17, 15) is 0 Å². The van der Waals surface area contributed by atoms with Crippen LogP contribution >= 0.6 is 21.6 Å². The fourth-order valence-corrected chi connectivity index (χ4v) is 3.86. The fraction of sp³-hybridized carbons (Fsp3) is 1.00. The molecule has 0 aromatic heterocycles. The van der Waals surface area contributed by atoms with Crippen molar-refractivity contribution in [1.29, 1.82) is 0 Å². The standard InChI is InChI=1S/C10H22N2S2/c1-10(2,14-13-3)4-7-12-8-5-11-6-9-12/h11H,4-9H2,1-3H3. The smallest absolute Gasteiger partial charge is 0.0219 e. The lowest BCUT2D eigenvalue weighted by atomic mass is 10.1. The van der Waals surface area contributed by atoms with Crippen molar-refractivity contribution in [3.05, 3.63) is 0 Å². The van der Waals surface area contributed by atoms with Gasteiger partial charge in [0.15, 0.2) is 0 Å². The molecule has 1 heterocycles. The Labute approximate surface area is 96.0 Å². The van der Waals surface area contributed by atoms with E-state index in [-0.39, 0.29) is 0 Å². The SMILES string of the molecule is CSSC(C)(C)CCN1CCNCC1. The summed E-state index contributed by atoms with van der Waals surface area (Å²) in [7, 11) is 3.88. The summed E-state index contributed by atoms with van der Waals surface area (Å²) in [6, 6.07) is 0. The van der Waals surface area contributed by atoms with Crippen LogP contribution in [0.2, 0.25) is 0 Å². The molecule has 1 fully saturated rings. The molecule has 0 aromatic carbocycles. The van der Waals surface area contributed by atoms with E-state index in [0.29, 0.717) is 4.75 Å². The number of hydrogen-bond acceptors (Lipinski definition) is 4. The molecule has 0 aromatic rings. The third kappa shape index (κ3) is 4.91. The average Bonchev–Trinajstić information content (AvgIpc) is 2.17. The predicted molar refractivity (Wildman–Crippen MR) is 69.1 cm³/mol. The lowest BCUT2D eigenvalue weighted by molar-refractivity contribution is 0.232. The summed E-state index contributed by atoms with van der Waals surface area (Å²) >= 11 is 0. The van der Waals surface area contributed by atoms with Crippen LogP contribution in [0.15, 0.2) is 0 Å². The summed E-state index contributed by atoms with van der Waals surface area (Å²) in [5, 5.41) is 3.39. The largest absolute Gasteiger partial charge is 0.314 e. The van der Waals surface area contributed by atoms with E-state index < -0.39 is 0 Å². The van der Waals surface area contributed by atoms with Gasteiger partial charge in [-0.1, -0.05) is 21.6 Å². The Morgan fingerprint density at radius 1 is 1.29 bits per heavy atom. The Hall–Kier alpha value is 0.620. The zero-order valence-corrected chi connectivity index (χ0v) is 11.1. The first-order valence-corrected chi connectivity index (χ1v) is 7.85. The second-order valence-electron chi connectivity index (χ2n) is 4.35. The topological polar surface area (TPSA) is 15.3 Å². The number of nitrogens with zero attached hydrogens (tertiary/aromatic N) is 1. The lowest BCUT2D eigenvalue weighted by Gasteiger charge is -2.31. The van der Waals surface area contributed by atoms with Crippen molar-refractivity contribution < 1.29 is 0 Å². The summed E-state index contributed by atoms with van der Waals surface area (Å²) in [6.45, 7) is 10.7. The van der Waals surface area contributed by atoms with Crippen LogP contribution in [0, 0.1) is 0 Å². The van der Waals surface area contributed by atoms with Crippen molar-refractivity contribution in [1.82, 2.24) is 10.2 Å². The molecule has 1 rings (SSSR count). The summed E-state index contributed by atoms with van der Waals surface area (Å²) in [5.41, 5.74) is 0. The van der Waals surface area contributed by atoms with E-state index in [1.54, 1.807) is 0 Å². The van der Waals surface area contributed by atoms with Gasteiger partial charge in [0.05, 0.1) is 0 Å². The van der Waals surface area contributed by atoms with Crippen LogP contribution in [0.25, 0.3) is 0 Å². The first kappa shape index (κ1) is 12.7. The highest BCUT2D eigenvalue weighted by Gasteiger charge is 2.20. The first-order valence-electron chi connectivity index (χ1n) is 5.29. The highest BCUT2D eigenvalue weighted by atomic mass is 33.1. The molecule has 0 bridgehead atoms. The van der Waals surface area contributed by atoms with Gasteiger partial charge in [-0.15, -0.1) is 0 Å². The maximum Gasteiger partial charge on any atom is 0.0219 e. The van der Waals surface area contributed by atoms with Crippen LogP contribution in [0.4, 0.5) is 0 Å². The third-order valence-electron chi connectivity index (χ3n) is 2.55. The minimum absolute atomic E-state index is 0.421. The molecule has 0 saturated carbocycles. The lowest BCUT2D eigenvalue weighted by Crippen LogP contribution is -2.44. The third-order valence-corrected chi connectivity index (χ3v) is 5.22. The predicted octanol–water partition coefficient (Wildman–Crippen LogP) is 2.07. The maximum absolute atomic E-state index is 3.39. The first-order chi connectivity index (χ1) is 6.64. The molecule has 0 atom stereocenters. The Balaban J connectivity index is 2.17. The molecule has 1 aliphatic heterocycles. The Morgan fingerprint density at radius 2 is 1.93 bits per heavy atom. The van der Waals surface area contributed by atoms with Gasteiger partial charge >= 0.3 is 0 Å². The van der Waals surface area contributed by atoms with Crippen molar-refractivity contribution in [3.63, 3.8) is 0 Å². The van der Waals surface area contributed by atoms with E-state index in [2.05, 4.69) is 30.3 Å². The second-order valence-corrected chi connectivity index (χ2v) is 7.46. The molecule has 0 spiro atoms. The van der Waals surface area contributed by atoms with Gasteiger partial charge in [0.25, 0.3) is 0 Å². The van der Waals surface area contributed by atoms with Crippen LogP contribution < -0.4 is 5.32 Å². The van der Waals surface area contributed by atoms with E-state index in [4.69, 9.17) is 0 Å². The van der Waals surface area contributed by atoms with Crippen LogP contribution in [-0.4, -0.2) is 48.6 Å². The van der Waals surface area contributed by atoms with Crippen molar-refractivity contribution >= 4 is 21.6 Å². The molecule has 0 unspecified atom stereocenters. The zero-order valence-electron chi connectivity index (χ0n) is 9.51. The van der Waals surface area contributed by atoms with E-state index in [0.717, 1.165) is 13.1 Å². The monoisotopic (exact) mass is 234 g/mol. The normalized spacial score (nSPS) is 19.9. The minimum atomic E-state index is 0.421. The van der Waals surface area contributed by atoms with Gasteiger partial charge in [-0.2, -0.15) is 0 Å². The molecule has 1 N–H and O–H groups in total. The average molecular weight is 234 g/mol. The van der Waals surface area contributed by atoms with E-state index in [1.165, 1.54) is 26.1 Å².